The second-order valence-corrected chi connectivity index (χ2v) is 5.05. The molecular formula is C15H24FNO. The number of nitrogens with two attached hydrogens (primary N) is 1. The molecule has 1 aromatic rings. The van der Waals surface area contributed by atoms with Gasteiger partial charge >= 0.3 is 0 Å². The molecule has 0 amide bonds. The summed E-state index contributed by atoms with van der Waals surface area (Å²) < 4.78 is 17.1. The van der Waals surface area contributed by atoms with E-state index in [0.29, 0.717) is 5.92 Å². The van der Waals surface area contributed by atoms with Crippen molar-refractivity contribution in [2.45, 2.75) is 39.2 Å². The van der Waals surface area contributed by atoms with E-state index >= 15 is 0 Å². The zero-order chi connectivity index (χ0) is 13.4. The van der Waals surface area contributed by atoms with E-state index in [2.05, 4.69) is 19.1 Å². The van der Waals surface area contributed by atoms with Crippen LogP contribution in [0.4, 0.5) is 4.39 Å². The minimum Gasteiger partial charge on any atom is -0.491 e. The van der Waals surface area contributed by atoms with Gasteiger partial charge in [-0.05, 0) is 49.8 Å². The highest BCUT2D eigenvalue weighted by atomic mass is 19.1. The second kappa shape index (κ2) is 8.09. The molecule has 1 aromatic carbocycles. The van der Waals surface area contributed by atoms with Gasteiger partial charge in [0.05, 0.1) is 0 Å². The van der Waals surface area contributed by atoms with Gasteiger partial charge in [0.15, 0.2) is 0 Å². The Morgan fingerprint density at radius 2 is 1.83 bits per heavy atom. The van der Waals surface area contributed by atoms with Gasteiger partial charge < -0.3 is 10.5 Å². The van der Waals surface area contributed by atoms with Crippen LogP contribution in [0.3, 0.4) is 0 Å². The summed E-state index contributed by atoms with van der Waals surface area (Å²) in [6.45, 7) is 3.97. The summed E-state index contributed by atoms with van der Waals surface area (Å²) in [6.07, 6.45) is 3.27. The maximum atomic E-state index is 11.9. The molecule has 0 radical (unpaired) electrons. The molecule has 0 bridgehead atoms. The van der Waals surface area contributed by atoms with Crippen LogP contribution in [0.5, 0.6) is 5.75 Å². The predicted molar refractivity (Wildman–Crippen MR) is 73.7 cm³/mol. The van der Waals surface area contributed by atoms with Crippen molar-refractivity contribution < 1.29 is 9.13 Å². The summed E-state index contributed by atoms with van der Waals surface area (Å²) >= 11 is 0. The molecule has 0 fully saturated rings. The molecule has 102 valence electrons. The van der Waals surface area contributed by atoms with Gasteiger partial charge in [0, 0.05) is 6.04 Å². The van der Waals surface area contributed by atoms with Gasteiger partial charge in [0.25, 0.3) is 0 Å². The molecule has 1 rings (SSSR count). The average Bonchev–Trinajstić information content (AvgIpc) is 2.35. The van der Waals surface area contributed by atoms with Crippen LogP contribution in [0.1, 0.15) is 32.3 Å². The van der Waals surface area contributed by atoms with Gasteiger partial charge in [-0.1, -0.05) is 19.1 Å². The first-order valence-corrected chi connectivity index (χ1v) is 6.65. The Kier molecular flexibility index (Phi) is 6.73. The van der Waals surface area contributed by atoms with Crippen LogP contribution in [0.25, 0.3) is 0 Å². The summed E-state index contributed by atoms with van der Waals surface area (Å²) in [5.74, 6) is 1.37. The highest BCUT2D eigenvalue weighted by Gasteiger charge is 2.05. The highest BCUT2D eigenvalue weighted by molar-refractivity contribution is 5.27. The lowest BCUT2D eigenvalue weighted by atomic mass is 9.95. The van der Waals surface area contributed by atoms with Crippen molar-refractivity contribution in [1.29, 1.82) is 0 Å². The Bertz CT molecular complexity index is 324. The van der Waals surface area contributed by atoms with Crippen molar-refractivity contribution in [2.75, 3.05) is 13.3 Å². The number of benzene rings is 1. The van der Waals surface area contributed by atoms with Gasteiger partial charge in [-0.15, -0.1) is 0 Å². The molecule has 0 heterocycles. The molecule has 2 atom stereocenters. The third-order valence-corrected chi connectivity index (χ3v) is 2.97. The maximum absolute atomic E-state index is 11.9. The fourth-order valence-corrected chi connectivity index (χ4v) is 1.93. The molecule has 0 unspecified atom stereocenters. The zero-order valence-corrected chi connectivity index (χ0v) is 11.4. The molecule has 2 nitrogen and oxygen atoms in total. The molecule has 2 N–H and O–H groups in total. The average molecular weight is 253 g/mol. The van der Waals surface area contributed by atoms with E-state index in [9.17, 15) is 4.39 Å². The van der Waals surface area contributed by atoms with Crippen molar-refractivity contribution in [1.82, 2.24) is 0 Å². The molecule has 0 aliphatic heterocycles. The van der Waals surface area contributed by atoms with Crippen molar-refractivity contribution in [3.05, 3.63) is 29.8 Å². The molecule has 18 heavy (non-hydrogen) atoms. The Hall–Kier alpha value is -1.09. The molecule has 0 spiro atoms. The first-order valence-electron chi connectivity index (χ1n) is 6.65. The van der Waals surface area contributed by atoms with Gasteiger partial charge in [0.1, 0.15) is 19.0 Å². The third kappa shape index (κ3) is 6.01. The van der Waals surface area contributed by atoms with Crippen molar-refractivity contribution in [2.24, 2.45) is 11.7 Å². The van der Waals surface area contributed by atoms with Crippen LogP contribution in [-0.2, 0) is 6.42 Å². The Morgan fingerprint density at radius 1 is 1.17 bits per heavy atom. The van der Waals surface area contributed by atoms with E-state index in [4.69, 9.17) is 10.5 Å². The Morgan fingerprint density at radius 3 is 2.39 bits per heavy atom. The fraction of sp³-hybridized carbons (Fsp3) is 0.600. The first-order chi connectivity index (χ1) is 8.61. The van der Waals surface area contributed by atoms with Crippen molar-refractivity contribution >= 4 is 0 Å². The van der Waals surface area contributed by atoms with E-state index in [1.54, 1.807) is 0 Å². The molecular weight excluding hydrogens is 229 g/mol. The summed E-state index contributed by atoms with van der Waals surface area (Å²) in [4.78, 5) is 0. The topological polar surface area (TPSA) is 35.2 Å². The number of ether oxygens (including phenoxy) is 1. The molecule has 0 aliphatic carbocycles. The molecule has 0 saturated carbocycles. The lowest BCUT2D eigenvalue weighted by Gasteiger charge is -2.13. The molecule has 0 saturated heterocycles. The number of alkyl halides is 1. The second-order valence-electron chi connectivity index (χ2n) is 5.05. The summed E-state index contributed by atoms with van der Waals surface area (Å²) in [5.41, 5.74) is 7.04. The van der Waals surface area contributed by atoms with Crippen LogP contribution < -0.4 is 10.5 Å². The Balaban J connectivity index is 2.38. The summed E-state index contributed by atoms with van der Waals surface area (Å²) in [5, 5.41) is 0. The third-order valence-electron chi connectivity index (χ3n) is 2.97. The van der Waals surface area contributed by atoms with E-state index in [0.717, 1.165) is 25.0 Å². The van der Waals surface area contributed by atoms with Crippen LogP contribution in [0.15, 0.2) is 24.3 Å². The monoisotopic (exact) mass is 253 g/mol. The molecule has 0 aliphatic rings. The van der Waals surface area contributed by atoms with E-state index < -0.39 is 6.67 Å². The lowest BCUT2D eigenvalue weighted by Crippen LogP contribution is -2.16. The standard InChI is InChI=1S/C15H24FNO/c1-12(3-4-13(2)17)11-14-5-7-15(8-6-14)18-10-9-16/h5-8,12-13H,3-4,9-11,17H2,1-2H3/t12-,13+/m1/s1. The van der Waals surface area contributed by atoms with Gasteiger partial charge in [0.2, 0.25) is 0 Å². The quantitative estimate of drug-likeness (QED) is 0.771. The van der Waals surface area contributed by atoms with Crippen LogP contribution in [0.2, 0.25) is 0 Å². The van der Waals surface area contributed by atoms with Crippen LogP contribution in [0, 0.1) is 5.92 Å². The van der Waals surface area contributed by atoms with Gasteiger partial charge in [-0.3, -0.25) is 0 Å². The minimum absolute atomic E-state index is 0.129. The maximum Gasteiger partial charge on any atom is 0.123 e. The first kappa shape index (κ1) is 15.0. The Labute approximate surface area is 109 Å². The minimum atomic E-state index is -0.448. The van der Waals surface area contributed by atoms with E-state index in [1.807, 2.05) is 19.1 Å². The lowest BCUT2D eigenvalue weighted by molar-refractivity contribution is 0.273. The van der Waals surface area contributed by atoms with Gasteiger partial charge in [-0.25, -0.2) is 4.39 Å². The summed E-state index contributed by atoms with van der Waals surface area (Å²) in [6, 6.07) is 8.20. The largest absolute Gasteiger partial charge is 0.491 e. The van der Waals surface area contributed by atoms with Crippen LogP contribution >= 0.6 is 0 Å². The molecule has 3 heteroatoms. The normalized spacial score (nSPS) is 14.2. The highest BCUT2D eigenvalue weighted by Crippen LogP contribution is 2.17. The SMILES string of the molecule is C[C@H](CC[C@H](C)N)Cc1ccc(OCCF)cc1. The van der Waals surface area contributed by atoms with Crippen LogP contribution in [-0.4, -0.2) is 19.3 Å². The number of rotatable bonds is 8. The number of halogens is 1. The van der Waals surface area contributed by atoms with E-state index in [-0.39, 0.29) is 12.6 Å². The predicted octanol–water partition coefficient (Wildman–Crippen LogP) is 3.34. The number of hydrogen-bond acceptors (Lipinski definition) is 2. The van der Waals surface area contributed by atoms with E-state index in [1.165, 1.54) is 5.56 Å². The zero-order valence-electron chi connectivity index (χ0n) is 11.4. The van der Waals surface area contributed by atoms with Crippen molar-refractivity contribution in [3.63, 3.8) is 0 Å². The smallest absolute Gasteiger partial charge is 0.123 e. The van der Waals surface area contributed by atoms with Gasteiger partial charge in [-0.2, -0.15) is 0 Å². The summed E-state index contributed by atoms with van der Waals surface area (Å²) in [7, 11) is 0. The van der Waals surface area contributed by atoms with Crippen molar-refractivity contribution in [3.8, 4) is 5.75 Å². The fourth-order valence-electron chi connectivity index (χ4n) is 1.93. The molecule has 0 aromatic heterocycles. The number of hydrogen-bond donors (Lipinski definition) is 1.